The maximum atomic E-state index is 13.1. The molecule has 5 heteroatoms. The fraction of sp³-hybridized carbons (Fsp3) is 0.0769. The zero-order chi connectivity index (χ0) is 13.1. The molecule has 0 atom stereocenters. The molecule has 0 fully saturated rings. The molecule has 0 unspecified atom stereocenters. The van der Waals surface area contributed by atoms with Crippen LogP contribution in [0, 0.1) is 5.82 Å². The standard InChI is InChI=1S/C13H10Br2FNO/c14-10-6-9(2-3-12(10)16)18-13-4-1-8(7-17)5-11(13)15/h1-6H,7,17H2. The van der Waals surface area contributed by atoms with E-state index in [9.17, 15) is 4.39 Å². The third-order valence-corrected chi connectivity index (χ3v) is 3.58. The average molecular weight is 375 g/mol. The molecule has 0 aliphatic rings. The summed E-state index contributed by atoms with van der Waals surface area (Å²) in [4.78, 5) is 0. The first-order valence-electron chi connectivity index (χ1n) is 5.21. The van der Waals surface area contributed by atoms with Gasteiger partial charge in [0.25, 0.3) is 0 Å². The van der Waals surface area contributed by atoms with Crippen molar-refractivity contribution in [2.24, 2.45) is 5.73 Å². The van der Waals surface area contributed by atoms with Gasteiger partial charge < -0.3 is 10.5 Å². The molecule has 0 aromatic heterocycles. The molecule has 2 rings (SSSR count). The molecule has 0 saturated heterocycles. The molecule has 2 aromatic carbocycles. The third-order valence-electron chi connectivity index (χ3n) is 2.35. The Labute approximate surface area is 121 Å². The highest BCUT2D eigenvalue weighted by Crippen LogP contribution is 2.32. The van der Waals surface area contributed by atoms with Crippen molar-refractivity contribution in [3.05, 3.63) is 56.7 Å². The van der Waals surface area contributed by atoms with Crippen molar-refractivity contribution in [2.75, 3.05) is 0 Å². The summed E-state index contributed by atoms with van der Waals surface area (Å²) in [7, 11) is 0. The fourth-order valence-electron chi connectivity index (χ4n) is 1.42. The van der Waals surface area contributed by atoms with Crippen molar-refractivity contribution in [2.45, 2.75) is 6.54 Å². The first-order chi connectivity index (χ1) is 8.60. The van der Waals surface area contributed by atoms with Crippen molar-refractivity contribution in [1.29, 1.82) is 0 Å². The van der Waals surface area contributed by atoms with Crippen molar-refractivity contribution < 1.29 is 9.13 Å². The van der Waals surface area contributed by atoms with Gasteiger partial charge in [0.2, 0.25) is 0 Å². The molecule has 2 aromatic rings. The molecular formula is C13H10Br2FNO. The van der Waals surface area contributed by atoms with E-state index < -0.39 is 0 Å². The summed E-state index contributed by atoms with van der Waals surface area (Å²) in [5.41, 5.74) is 6.56. The number of ether oxygens (including phenoxy) is 1. The topological polar surface area (TPSA) is 35.2 Å². The van der Waals surface area contributed by atoms with E-state index >= 15 is 0 Å². The summed E-state index contributed by atoms with van der Waals surface area (Å²) in [6.45, 7) is 0.473. The fourth-order valence-corrected chi connectivity index (χ4v) is 2.29. The second-order valence-corrected chi connectivity index (χ2v) is 5.36. The van der Waals surface area contributed by atoms with Crippen LogP contribution in [0.4, 0.5) is 4.39 Å². The zero-order valence-electron chi connectivity index (χ0n) is 9.29. The van der Waals surface area contributed by atoms with Crippen LogP contribution in [0.25, 0.3) is 0 Å². The maximum Gasteiger partial charge on any atom is 0.141 e. The van der Waals surface area contributed by atoms with Crippen LogP contribution in [0.3, 0.4) is 0 Å². The van der Waals surface area contributed by atoms with E-state index in [0.717, 1.165) is 10.0 Å². The Hall–Kier alpha value is -0.910. The van der Waals surface area contributed by atoms with E-state index in [1.54, 1.807) is 12.1 Å². The van der Waals surface area contributed by atoms with Gasteiger partial charge in [0.1, 0.15) is 17.3 Å². The third kappa shape index (κ3) is 3.10. The van der Waals surface area contributed by atoms with Crippen LogP contribution >= 0.6 is 31.9 Å². The van der Waals surface area contributed by atoms with Crippen LogP contribution in [0.2, 0.25) is 0 Å². The minimum Gasteiger partial charge on any atom is -0.456 e. The Morgan fingerprint density at radius 2 is 1.83 bits per heavy atom. The molecule has 0 saturated carbocycles. The molecule has 18 heavy (non-hydrogen) atoms. The Kier molecular flexibility index (Phi) is 4.37. The Morgan fingerprint density at radius 3 is 2.44 bits per heavy atom. The van der Waals surface area contributed by atoms with Crippen LogP contribution in [-0.4, -0.2) is 0 Å². The molecule has 0 aliphatic heterocycles. The van der Waals surface area contributed by atoms with Crippen LogP contribution in [0.5, 0.6) is 11.5 Å². The van der Waals surface area contributed by atoms with Crippen molar-refractivity contribution in [1.82, 2.24) is 0 Å². The molecule has 0 spiro atoms. The van der Waals surface area contributed by atoms with Gasteiger partial charge in [-0.25, -0.2) is 4.39 Å². The predicted molar refractivity (Wildman–Crippen MR) is 76.2 cm³/mol. The summed E-state index contributed by atoms with van der Waals surface area (Å²) in [5, 5.41) is 0. The molecule has 2 nitrogen and oxygen atoms in total. The quantitative estimate of drug-likeness (QED) is 0.851. The van der Waals surface area contributed by atoms with Gasteiger partial charge in [-0.2, -0.15) is 0 Å². The van der Waals surface area contributed by atoms with Gasteiger partial charge in [0.05, 0.1) is 8.95 Å². The van der Waals surface area contributed by atoms with Gasteiger partial charge in [-0.1, -0.05) is 6.07 Å². The first kappa shape index (κ1) is 13.5. The largest absolute Gasteiger partial charge is 0.456 e. The zero-order valence-corrected chi connectivity index (χ0v) is 12.5. The van der Waals surface area contributed by atoms with Gasteiger partial charge >= 0.3 is 0 Å². The first-order valence-corrected chi connectivity index (χ1v) is 6.80. The van der Waals surface area contributed by atoms with Crippen molar-refractivity contribution in [3.8, 4) is 11.5 Å². The molecule has 0 aliphatic carbocycles. The van der Waals surface area contributed by atoms with Gasteiger partial charge in [0.15, 0.2) is 0 Å². The van der Waals surface area contributed by atoms with Crippen LogP contribution in [0.1, 0.15) is 5.56 Å². The highest BCUT2D eigenvalue weighted by molar-refractivity contribution is 9.10. The monoisotopic (exact) mass is 373 g/mol. The highest BCUT2D eigenvalue weighted by Gasteiger charge is 2.06. The summed E-state index contributed by atoms with van der Waals surface area (Å²) in [6.07, 6.45) is 0. The van der Waals surface area contributed by atoms with E-state index in [1.165, 1.54) is 6.07 Å². The Balaban J connectivity index is 2.25. The van der Waals surface area contributed by atoms with E-state index in [4.69, 9.17) is 10.5 Å². The number of hydrogen-bond donors (Lipinski definition) is 1. The number of hydrogen-bond acceptors (Lipinski definition) is 2. The minimum absolute atomic E-state index is 0.320. The van der Waals surface area contributed by atoms with Crippen LogP contribution in [0.15, 0.2) is 45.3 Å². The summed E-state index contributed by atoms with van der Waals surface area (Å²) in [6, 6.07) is 10.1. The van der Waals surface area contributed by atoms with E-state index in [-0.39, 0.29) is 5.82 Å². The van der Waals surface area contributed by atoms with E-state index in [1.807, 2.05) is 18.2 Å². The van der Waals surface area contributed by atoms with E-state index in [2.05, 4.69) is 31.9 Å². The number of benzene rings is 2. The van der Waals surface area contributed by atoms with Crippen LogP contribution in [-0.2, 0) is 6.54 Å². The maximum absolute atomic E-state index is 13.1. The lowest BCUT2D eigenvalue weighted by Crippen LogP contribution is -1.96. The lowest BCUT2D eigenvalue weighted by atomic mass is 10.2. The number of rotatable bonds is 3. The highest BCUT2D eigenvalue weighted by atomic mass is 79.9. The molecule has 0 bridgehead atoms. The molecule has 2 N–H and O–H groups in total. The Morgan fingerprint density at radius 1 is 1.06 bits per heavy atom. The second kappa shape index (κ2) is 5.82. The molecule has 0 radical (unpaired) electrons. The molecule has 0 heterocycles. The van der Waals surface area contributed by atoms with Gasteiger partial charge in [-0.3, -0.25) is 0 Å². The van der Waals surface area contributed by atoms with Crippen molar-refractivity contribution >= 4 is 31.9 Å². The number of nitrogens with two attached hydrogens (primary N) is 1. The van der Waals surface area contributed by atoms with Gasteiger partial charge in [-0.05, 0) is 67.8 Å². The smallest absolute Gasteiger partial charge is 0.141 e. The lowest BCUT2D eigenvalue weighted by Gasteiger charge is -2.09. The van der Waals surface area contributed by atoms with Crippen molar-refractivity contribution in [3.63, 3.8) is 0 Å². The van der Waals surface area contributed by atoms with Gasteiger partial charge in [-0.15, -0.1) is 0 Å². The lowest BCUT2D eigenvalue weighted by molar-refractivity contribution is 0.476. The molecule has 0 amide bonds. The Bertz CT molecular complexity index is 575. The molecular weight excluding hydrogens is 365 g/mol. The summed E-state index contributed by atoms with van der Waals surface area (Å²) in [5.74, 6) is 0.898. The normalized spacial score (nSPS) is 10.4. The second-order valence-electron chi connectivity index (χ2n) is 3.65. The van der Waals surface area contributed by atoms with Gasteiger partial charge in [0, 0.05) is 6.54 Å². The van der Waals surface area contributed by atoms with E-state index in [0.29, 0.717) is 22.5 Å². The average Bonchev–Trinajstić information content (AvgIpc) is 2.36. The molecule has 94 valence electrons. The van der Waals surface area contributed by atoms with Crippen LogP contribution < -0.4 is 10.5 Å². The SMILES string of the molecule is NCc1ccc(Oc2ccc(F)c(Br)c2)c(Br)c1. The predicted octanol–water partition coefficient (Wildman–Crippen LogP) is 4.60. The summed E-state index contributed by atoms with van der Waals surface area (Å²) >= 11 is 6.53. The number of halogens is 3. The minimum atomic E-state index is -0.320. The summed E-state index contributed by atoms with van der Waals surface area (Å²) < 4.78 is 19.9.